The lowest BCUT2D eigenvalue weighted by atomic mass is 9.85. The van der Waals surface area contributed by atoms with E-state index in [0.717, 1.165) is 35.2 Å². The fourth-order valence-corrected chi connectivity index (χ4v) is 4.74. The quantitative estimate of drug-likeness (QED) is 0.491. The summed E-state index contributed by atoms with van der Waals surface area (Å²) in [4.78, 5) is 17.2. The third kappa shape index (κ3) is 4.18. The second kappa shape index (κ2) is 9.08. The molecule has 7 nitrogen and oxygen atoms in total. The molecule has 2 heterocycles. The fourth-order valence-electron chi connectivity index (χ4n) is 4.28. The lowest BCUT2D eigenvalue weighted by Gasteiger charge is -2.32. The van der Waals surface area contributed by atoms with Crippen molar-refractivity contribution in [3.63, 3.8) is 0 Å². The zero-order valence-corrected chi connectivity index (χ0v) is 19.5. The van der Waals surface area contributed by atoms with E-state index >= 15 is 0 Å². The van der Waals surface area contributed by atoms with Gasteiger partial charge in [-0.3, -0.25) is 4.79 Å². The molecule has 9 heteroatoms. The smallest absolute Gasteiger partial charge is 0.226 e. The first kappa shape index (κ1) is 21.8. The summed E-state index contributed by atoms with van der Waals surface area (Å²) in [5, 5.41) is 8.78. The third-order valence-electron chi connectivity index (χ3n) is 5.79. The average molecular weight is 485 g/mol. The number of hydrogen-bond acceptors (Lipinski definition) is 6. The van der Waals surface area contributed by atoms with Crippen LogP contribution in [0.2, 0.25) is 10.0 Å². The van der Waals surface area contributed by atoms with Crippen molar-refractivity contribution >= 4 is 34.9 Å². The molecule has 2 aliphatic rings. The maximum atomic E-state index is 12.9. The van der Waals surface area contributed by atoms with Crippen molar-refractivity contribution in [1.29, 1.82) is 0 Å². The van der Waals surface area contributed by atoms with E-state index in [4.69, 9.17) is 32.7 Å². The Kier molecular flexibility index (Phi) is 6.00. The first-order chi connectivity index (χ1) is 16.0. The molecule has 1 aliphatic heterocycles. The number of nitrogens with one attached hydrogen (secondary N) is 1. The summed E-state index contributed by atoms with van der Waals surface area (Å²) < 4.78 is 13.7. The summed E-state index contributed by atoms with van der Waals surface area (Å²) in [7, 11) is 0. The standard InChI is InChI=1S/C24H22Cl2N4O3/c1-2-32-21-10-14(7-9-20(21)33-12-15-6-8-16(25)11-17(15)26)23-22-18(4-3-5-19(22)31)29-24-27-13-28-30(23)24/h6-11,13,23H,2-5,12H2,1H3,(H,27,28,29). The van der Waals surface area contributed by atoms with E-state index < -0.39 is 0 Å². The van der Waals surface area contributed by atoms with Crippen molar-refractivity contribution in [2.75, 3.05) is 11.9 Å². The Bertz CT molecular complexity index is 1250. The molecule has 0 radical (unpaired) electrons. The number of anilines is 1. The summed E-state index contributed by atoms with van der Waals surface area (Å²) >= 11 is 12.3. The molecule has 170 valence electrons. The van der Waals surface area contributed by atoms with Gasteiger partial charge < -0.3 is 14.8 Å². The lowest BCUT2D eigenvalue weighted by molar-refractivity contribution is -0.116. The van der Waals surface area contributed by atoms with Crippen LogP contribution in [-0.4, -0.2) is 27.2 Å². The number of nitrogens with zero attached hydrogens (tertiary/aromatic N) is 3. The number of aromatic nitrogens is 3. The van der Waals surface area contributed by atoms with E-state index in [0.29, 0.717) is 40.5 Å². The molecule has 0 bridgehead atoms. The highest BCUT2D eigenvalue weighted by molar-refractivity contribution is 6.35. The van der Waals surface area contributed by atoms with E-state index in [2.05, 4.69) is 15.4 Å². The minimum atomic E-state index is -0.370. The number of ketones is 1. The Morgan fingerprint density at radius 3 is 2.82 bits per heavy atom. The monoisotopic (exact) mass is 484 g/mol. The van der Waals surface area contributed by atoms with E-state index in [-0.39, 0.29) is 18.4 Å². The zero-order chi connectivity index (χ0) is 22.9. The van der Waals surface area contributed by atoms with Gasteiger partial charge in [-0.05, 0) is 49.6 Å². The molecule has 1 aromatic heterocycles. The zero-order valence-electron chi connectivity index (χ0n) is 18.0. The molecule has 2 aromatic carbocycles. The molecular formula is C24H22Cl2N4O3. The van der Waals surface area contributed by atoms with Crippen molar-refractivity contribution in [3.05, 3.63) is 75.2 Å². The Labute approximate surface area is 201 Å². The van der Waals surface area contributed by atoms with Crippen molar-refractivity contribution in [2.24, 2.45) is 0 Å². The van der Waals surface area contributed by atoms with E-state index in [1.807, 2.05) is 31.2 Å². The number of carbonyl (C=O) groups excluding carboxylic acids is 1. The van der Waals surface area contributed by atoms with E-state index in [9.17, 15) is 4.79 Å². The highest BCUT2D eigenvalue weighted by Gasteiger charge is 2.36. The molecule has 1 unspecified atom stereocenters. The summed E-state index contributed by atoms with van der Waals surface area (Å²) in [6.07, 6.45) is 3.67. The van der Waals surface area contributed by atoms with Gasteiger partial charge in [0.05, 0.1) is 6.61 Å². The van der Waals surface area contributed by atoms with Crippen molar-refractivity contribution in [1.82, 2.24) is 14.8 Å². The number of halogens is 2. The van der Waals surface area contributed by atoms with Gasteiger partial charge in [0.15, 0.2) is 17.3 Å². The van der Waals surface area contributed by atoms with Gasteiger partial charge >= 0.3 is 0 Å². The highest BCUT2D eigenvalue weighted by atomic mass is 35.5. The summed E-state index contributed by atoms with van der Waals surface area (Å²) in [5.41, 5.74) is 3.36. The Hall–Kier alpha value is -3.03. The SMILES string of the molecule is CCOc1cc(C2C3=C(CCCC3=O)Nc3ncnn32)ccc1OCc1ccc(Cl)cc1Cl. The molecule has 5 rings (SSSR count). The average Bonchev–Trinajstić information content (AvgIpc) is 3.26. The molecule has 33 heavy (non-hydrogen) atoms. The minimum Gasteiger partial charge on any atom is -0.490 e. The number of hydrogen-bond donors (Lipinski definition) is 1. The van der Waals surface area contributed by atoms with Crippen LogP contribution >= 0.6 is 23.2 Å². The predicted molar refractivity (Wildman–Crippen MR) is 126 cm³/mol. The Morgan fingerprint density at radius 1 is 1.12 bits per heavy atom. The van der Waals surface area contributed by atoms with Crippen LogP contribution in [0, 0.1) is 0 Å². The first-order valence-electron chi connectivity index (χ1n) is 10.8. The summed E-state index contributed by atoms with van der Waals surface area (Å²) in [6, 6.07) is 10.6. The largest absolute Gasteiger partial charge is 0.490 e. The maximum absolute atomic E-state index is 12.9. The van der Waals surface area contributed by atoms with Gasteiger partial charge in [-0.1, -0.05) is 35.3 Å². The van der Waals surface area contributed by atoms with Crippen molar-refractivity contribution in [2.45, 2.75) is 38.8 Å². The first-order valence-corrected chi connectivity index (χ1v) is 11.6. The number of rotatable bonds is 6. The number of ether oxygens (including phenoxy) is 2. The summed E-state index contributed by atoms with van der Waals surface area (Å²) in [6.45, 7) is 2.65. The molecule has 0 amide bonds. The van der Waals surface area contributed by atoms with Gasteiger partial charge in [0.25, 0.3) is 0 Å². The number of fused-ring (bicyclic) bond motifs is 1. The minimum absolute atomic E-state index is 0.130. The molecule has 1 N–H and O–H groups in total. The lowest BCUT2D eigenvalue weighted by Crippen LogP contribution is -2.31. The number of Topliss-reactive ketones (excluding diaryl/α,β-unsaturated/α-hetero) is 1. The predicted octanol–water partition coefficient (Wildman–Crippen LogP) is 5.58. The maximum Gasteiger partial charge on any atom is 0.226 e. The van der Waals surface area contributed by atoms with Gasteiger partial charge in [0, 0.05) is 33.3 Å². The number of benzene rings is 2. The van der Waals surface area contributed by atoms with Crippen LogP contribution in [0.3, 0.4) is 0 Å². The van der Waals surface area contributed by atoms with Crippen LogP contribution in [-0.2, 0) is 11.4 Å². The molecule has 0 fully saturated rings. The van der Waals surface area contributed by atoms with Gasteiger partial charge in [0.2, 0.25) is 5.95 Å². The van der Waals surface area contributed by atoms with E-state index in [1.54, 1.807) is 16.8 Å². The Balaban J connectivity index is 1.49. The normalized spacial score (nSPS) is 17.3. The van der Waals surface area contributed by atoms with E-state index in [1.165, 1.54) is 6.33 Å². The van der Waals surface area contributed by atoms with Gasteiger partial charge in [-0.25, -0.2) is 4.68 Å². The molecule has 3 aromatic rings. The number of carbonyl (C=O) groups is 1. The third-order valence-corrected chi connectivity index (χ3v) is 6.38. The molecule has 0 saturated heterocycles. The topological polar surface area (TPSA) is 78.3 Å². The van der Waals surface area contributed by atoms with Gasteiger partial charge in [-0.2, -0.15) is 10.1 Å². The molecule has 0 saturated carbocycles. The van der Waals surface area contributed by atoms with Gasteiger partial charge in [0.1, 0.15) is 19.0 Å². The molecule has 1 atom stereocenters. The second-order valence-electron chi connectivity index (χ2n) is 7.89. The van der Waals surface area contributed by atoms with Crippen molar-refractivity contribution < 1.29 is 14.3 Å². The molecule has 0 spiro atoms. The number of allylic oxidation sites excluding steroid dienone is 2. The van der Waals surface area contributed by atoms with Crippen molar-refractivity contribution in [3.8, 4) is 11.5 Å². The van der Waals surface area contributed by atoms with Crippen LogP contribution in [0.4, 0.5) is 5.95 Å². The molecule has 1 aliphatic carbocycles. The van der Waals surface area contributed by atoms with Crippen LogP contribution < -0.4 is 14.8 Å². The van der Waals surface area contributed by atoms with Crippen LogP contribution in [0.1, 0.15) is 43.4 Å². The van der Waals surface area contributed by atoms with Gasteiger partial charge in [-0.15, -0.1) is 0 Å². The highest BCUT2D eigenvalue weighted by Crippen LogP contribution is 2.42. The fraction of sp³-hybridized carbons (Fsp3) is 0.292. The second-order valence-corrected chi connectivity index (χ2v) is 8.73. The van der Waals surface area contributed by atoms with Crippen LogP contribution in [0.15, 0.2) is 54.0 Å². The van der Waals surface area contributed by atoms with Crippen LogP contribution in [0.25, 0.3) is 0 Å². The molecular weight excluding hydrogens is 463 g/mol. The summed E-state index contributed by atoms with van der Waals surface area (Å²) in [5.74, 6) is 1.93. The van der Waals surface area contributed by atoms with Crippen LogP contribution in [0.5, 0.6) is 11.5 Å². The Morgan fingerprint density at radius 2 is 2.00 bits per heavy atom.